The second kappa shape index (κ2) is 11.3. The van der Waals surface area contributed by atoms with Crippen LogP contribution in [0.5, 0.6) is 0 Å². The number of hydrogen-bond donors (Lipinski definition) is 0. The first-order valence-corrected chi connectivity index (χ1v) is 10.8. The molecular weight excluding hydrogens is 280 g/mol. The number of unbranched alkanes of at least 4 members (excludes halogenated alkanes) is 3. The van der Waals surface area contributed by atoms with Crippen molar-refractivity contribution in [2.45, 2.75) is 110 Å². The Morgan fingerprint density at radius 3 is 1.91 bits per heavy atom. The van der Waals surface area contributed by atoms with Crippen LogP contribution in [0.1, 0.15) is 110 Å². The molecule has 0 N–H and O–H groups in total. The summed E-state index contributed by atoms with van der Waals surface area (Å²) in [4.78, 5) is 10.9. The molecule has 2 aliphatic carbocycles. The average molecular weight is 321 g/mol. The quantitative estimate of drug-likeness (QED) is 0.315. The Morgan fingerprint density at radius 2 is 1.30 bits per heavy atom. The van der Waals surface area contributed by atoms with Crippen molar-refractivity contribution in [1.29, 1.82) is 0 Å². The molecule has 23 heavy (non-hydrogen) atoms. The van der Waals surface area contributed by atoms with E-state index >= 15 is 0 Å². The topological polar surface area (TPSA) is 17.1 Å². The van der Waals surface area contributed by atoms with Crippen LogP contribution in [0.25, 0.3) is 0 Å². The number of rotatable bonds is 10. The number of hydrogen-bond acceptors (Lipinski definition) is 1. The standard InChI is InChI=1S/C22H40O/c1-2-3-9-19-12-7-13-20(16-19)10-5-4-6-11-21-14-8-15-22(17-21)18-23/h18-22H,2-17H2,1H3. The number of carbonyl (C=O) groups is 1. The summed E-state index contributed by atoms with van der Waals surface area (Å²) in [5, 5.41) is 0. The van der Waals surface area contributed by atoms with Crippen LogP contribution < -0.4 is 0 Å². The van der Waals surface area contributed by atoms with Gasteiger partial charge in [0.15, 0.2) is 0 Å². The van der Waals surface area contributed by atoms with Crippen LogP contribution in [0.15, 0.2) is 0 Å². The van der Waals surface area contributed by atoms with Crippen molar-refractivity contribution < 1.29 is 4.79 Å². The third kappa shape index (κ3) is 7.40. The van der Waals surface area contributed by atoms with E-state index in [1.165, 1.54) is 103 Å². The summed E-state index contributed by atoms with van der Waals surface area (Å²) in [7, 11) is 0. The minimum Gasteiger partial charge on any atom is -0.303 e. The fourth-order valence-electron chi connectivity index (χ4n) is 5.18. The molecular formula is C22H40O. The SMILES string of the molecule is CCCCC1CCCC(CCCCCC2CCCC(C=O)C2)C1. The minimum atomic E-state index is 0.385. The van der Waals surface area contributed by atoms with Crippen LogP contribution in [0, 0.1) is 23.7 Å². The Morgan fingerprint density at radius 1 is 0.739 bits per heavy atom. The molecule has 2 rings (SSSR count). The molecule has 1 heteroatoms. The Kier molecular flexibility index (Phi) is 9.31. The molecule has 0 amide bonds. The molecule has 2 fully saturated rings. The van der Waals surface area contributed by atoms with E-state index in [0.29, 0.717) is 5.92 Å². The highest BCUT2D eigenvalue weighted by Crippen LogP contribution is 2.35. The van der Waals surface area contributed by atoms with Gasteiger partial charge in [-0.3, -0.25) is 0 Å². The lowest BCUT2D eigenvalue weighted by Crippen LogP contribution is -2.16. The zero-order valence-corrected chi connectivity index (χ0v) is 15.6. The summed E-state index contributed by atoms with van der Waals surface area (Å²) in [5.74, 6) is 3.33. The first-order chi connectivity index (χ1) is 11.3. The molecule has 0 aromatic rings. The van der Waals surface area contributed by atoms with Crippen LogP contribution in [0.3, 0.4) is 0 Å². The van der Waals surface area contributed by atoms with Crippen LogP contribution in [0.4, 0.5) is 0 Å². The zero-order chi connectivity index (χ0) is 16.3. The van der Waals surface area contributed by atoms with Crippen LogP contribution >= 0.6 is 0 Å². The largest absolute Gasteiger partial charge is 0.303 e. The maximum atomic E-state index is 10.9. The van der Waals surface area contributed by atoms with Gasteiger partial charge in [0, 0.05) is 5.92 Å². The molecule has 0 aromatic heterocycles. The molecule has 0 aromatic carbocycles. The zero-order valence-electron chi connectivity index (χ0n) is 15.6. The molecule has 0 aliphatic heterocycles. The van der Waals surface area contributed by atoms with Gasteiger partial charge in [-0.2, -0.15) is 0 Å². The molecule has 0 radical (unpaired) electrons. The molecule has 0 saturated heterocycles. The van der Waals surface area contributed by atoms with Crippen molar-refractivity contribution in [3.63, 3.8) is 0 Å². The van der Waals surface area contributed by atoms with Gasteiger partial charge in [0.2, 0.25) is 0 Å². The average Bonchev–Trinajstić information content (AvgIpc) is 2.60. The normalized spacial score (nSPS) is 31.9. The second-order valence-corrected chi connectivity index (χ2v) is 8.61. The Balaban J connectivity index is 1.50. The summed E-state index contributed by atoms with van der Waals surface area (Å²) in [6.07, 6.45) is 23.7. The van der Waals surface area contributed by atoms with Crippen molar-refractivity contribution in [3.8, 4) is 0 Å². The molecule has 4 atom stereocenters. The van der Waals surface area contributed by atoms with Gasteiger partial charge in [-0.1, -0.05) is 90.4 Å². The third-order valence-corrected chi connectivity index (χ3v) is 6.60. The van der Waals surface area contributed by atoms with Crippen molar-refractivity contribution in [3.05, 3.63) is 0 Å². The summed E-state index contributed by atoms with van der Waals surface area (Å²) in [6.45, 7) is 2.32. The Labute approximate surface area is 145 Å². The van der Waals surface area contributed by atoms with Gasteiger partial charge < -0.3 is 4.79 Å². The van der Waals surface area contributed by atoms with E-state index in [1.807, 2.05) is 0 Å². The summed E-state index contributed by atoms with van der Waals surface area (Å²) < 4.78 is 0. The van der Waals surface area contributed by atoms with Gasteiger partial charge in [-0.15, -0.1) is 0 Å². The molecule has 0 heterocycles. The lowest BCUT2D eigenvalue weighted by Gasteiger charge is -2.29. The molecule has 2 aliphatic rings. The van der Waals surface area contributed by atoms with E-state index in [0.717, 1.165) is 24.2 Å². The van der Waals surface area contributed by atoms with Gasteiger partial charge in [0.05, 0.1) is 0 Å². The highest BCUT2D eigenvalue weighted by molar-refractivity contribution is 5.53. The first-order valence-electron chi connectivity index (χ1n) is 10.8. The van der Waals surface area contributed by atoms with E-state index in [-0.39, 0.29) is 0 Å². The number of carbonyl (C=O) groups excluding carboxylic acids is 1. The molecule has 0 bridgehead atoms. The Bertz CT molecular complexity index is 311. The van der Waals surface area contributed by atoms with Crippen molar-refractivity contribution >= 4 is 6.29 Å². The highest BCUT2D eigenvalue weighted by Gasteiger charge is 2.22. The van der Waals surface area contributed by atoms with E-state index in [9.17, 15) is 4.79 Å². The summed E-state index contributed by atoms with van der Waals surface area (Å²) >= 11 is 0. The van der Waals surface area contributed by atoms with Crippen LogP contribution in [0.2, 0.25) is 0 Å². The summed E-state index contributed by atoms with van der Waals surface area (Å²) in [6, 6.07) is 0. The van der Waals surface area contributed by atoms with Gasteiger partial charge in [-0.25, -0.2) is 0 Å². The van der Waals surface area contributed by atoms with Gasteiger partial charge in [0.1, 0.15) is 6.29 Å². The molecule has 134 valence electrons. The smallest absolute Gasteiger partial charge is 0.123 e. The fraction of sp³-hybridized carbons (Fsp3) is 0.955. The van der Waals surface area contributed by atoms with Gasteiger partial charge >= 0.3 is 0 Å². The molecule has 4 unspecified atom stereocenters. The monoisotopic (exact) mass is 320 g/mol. The van der Waals surface area contributed by atoms with Crippen molar-refractivity contribution in [2.24, 2.45) is 23.7 Å². The van der Waals surface area contributed by atoms with Gasteiger partial charge in [0.25, 0.3) is 0 Å². The maximum Gasteiger partial charge on any atom is 0.123 e. The summed E-state index contributed by atoms with van der Waals surface area (Å²) in [5.41, 5.74) is 0. The van der Waals surface area contributed by atoms with E-state index < -0.39 is 0 Å². The molecule has 0 spiro atoms. The van der Waals surface area contributed by atoms with Gasteiger partial charge in [-0.05, 0) is 37.0 Å². The predicted octanol–water partition coefficient (Wildman–Crippen LogP) is 6.94. The minimum absolute atomic E-state index is 0.385. The van der Waals surface area contributed by atoms with E-state index in [1.54, 1.807) is 0 Å². The second-order valence-electron chi connectivity index (χ2n) is 8.61. The number of aldehydes is 1. The lowest BCUT2D eigenvalue weighted by atomic mass is 9.77. The van der Waals surface area contributed by atoms with Crippen LogP contribution in [-0.4, -0.2) is 6.29 Å². The first kappa shape index (κ1) is 19.0. The van der Waals surface area contributed by atoms with E-state index in [2.05, 4.69) is 6.92 Å². The molecule has 1 nitrogen and oxygen atoms in total. The van der Waals surface area contributed by atoms with Crippen molar-refractivity contribution in [2.75, 3.05) is 0 Å². The Hall–Kier alpha value is -0.330. The third-order valence-electron chi connectivity index (χ3n) is 6.60. The molecule has 2 saturated carbocycles. The predicted molar refractivity (Wildman–Crippen MR) is 99.6 cm³/mol. The fourth-order valence-corrected chi connectivity index (χ4v) is 5.18. The van der Waals surface area contributed by atoms with E-state index in [4.69, 9.17) is 0 Å². The lowest BCUT2D eigenvalue weighted by molar-refractivity contribution is -0.112. The van der Waals surface area contributed by atoms with Crippen LogP contribution in [-0.2, 0) is 4.79 Å². The maximum absolute atomic E-state index is 10.9. The van der Waals surface area contributed by atoms with Crippen molar-refractivity contribution in [1.82, 2.24) is 0 Å². The highest BCUT2D eigenvalue weighted by atomic mass is 16.1.